The van der Waals surface area contributed by atoms with Gasteiger partial charge in [0.2, 0.25) is 0 Å². The molecule has 36 heavy (non-hydrogen) atoms. The number of nitrogens with one attached hydrogen (secondary N) is 2. The molecule has 1 unspecified atom stereocenters. The second kappa shape index (κ2) is 10.5. The largest absolute Gasteiger partial charge is 0.378 e. The van der Waals surface area contributed by atoms with E-state index < -0.39 is 6.04 Å². The van der Waals surface area contributed by atoms with E-state index in [0.717, 1.165) is 46.6 Å². The molecule has 3 aromatic rings. The van der Waals surface area contributed by atoms with Crippen LogP contribution >= 0.6 is 0 Å². The van der Waals surface area contributed by atoms with Gasteiger partial charge in [0.05, 0.1) is 5.69 Å². The van der Waals surface area contributed by atoms with Crippen LogP contribution < -0.4 is 15.5 Å². The molecule has 1 aromatic heterocycles. The van der Waals surface area contributed by atoms with Gasteiger partial charge in [-0.15, -0.1) is 0 Å². The van der Waals surface area contributed by atoms with Gasteiger partial charge in [0.25, 0.3) is 0 Å². The second-order valence-corrected chi connectivity index (χ2v) is 9.87. The van der Waals surface area contributed by atoms with Gasteiger partial charge in [-0.1, -0.05) is 31.2 Å². The minimum atomic E-state index is -0.437. The van der Waals surface area contributed by atoms with Gasteiger partial charge in [-0.2, -0.15) is 0 Å². The van der Waals surface area contributed by atoms with Crippen molar-refractivity contribution in [2.24, 2.45) is 0 Å². The molecule has 2 aliphatic heterocycles. The van der Waals surface area contributed by atoms with Crippen LogP contribution in [0.25, 0.3) is 17.3 Å². The Labute approximate surface area is 214 Å². The monoisotopic (exact) mass is 481 g/mol. The number of anilines is 3. The van der Waals surface area contributed by atoms with Gasteiger partial charge < -0.3 is 25.2 Å². The topological polar surface area (TPSA) is 60.5 Å². The molecule has 1 saturated heterocycles. The average Bonchev–Trinajstić information content (AvgIpc) is 2.93. The predicted molar refractivity (Wildman–Crippen MR) is 149 cm³/mol. The normalized spacial score (nSPS) is 17.8. The van der Waals surface area contributed by atoms with E-state index in [1.807, 2.05) is 26.4 Å². The lowest BCUT2D eigenvalue weighted by atomic mass is 9.89. The molecule has 6 nitrogen and oxygen atoms in total. The first-order valence-corrected chi connectivity index (χ1v) is 12.9. The molecule has 3 heterocycles. The minimum Gasteiger partial charge on any atom is -0.378 e. The number of aldehydes is 1. The van der Waals surface area contributed by atoms with E-state index in [1.54, 1.807) is 0 Å². The van der Waals surface area contributed by atoms with Gasteiger partial charge in [0, 0.05) is 36.6 Å². The zero-order chi connectivity index (χ0) is 25.1. The summed E-state index contributed by atoms with van der Waals surface area (Å²) in [6, 6.07) is 18.7. The van der Waals surface area contributed by atoms with E-state index in [9.17, 15) is 4.79 Å². The van der Waals surface area contributed by atoms with Crippen molar-refractivity contribution in [3.8, 4) is 11.3 Å². The maximum atomic E-state index is 11.9. The molecular weight excluding hydrogens is 446 g/mol. The van der Waals surface area contributed by atoms with Crippen molar-refractivity contribution in [1.82, 2.24) is 15.2 Å². The molecule has 2 aliphatic rings. The highest BCUT2D eigenvalue weighted by atomic mass is 16.1. The van der Waals surface area contributed by atoms with E-state index in [4.69, 9.17) is 4.98 Å². The SMILES string of the molecule is CCN1CCC(c2ccc(Nc3nc(-c4ccc(N(C)C)cc4)cc4c3C(C=O)NC=C4)cc2)CC1. The first-order valence-electron chi connectivity index (χ1n) is 12.9. The molecule has 0 spiro atoms. The van der Waals surface area contributed by atoms with Gasteiger partial charge in [-0.3, -0.25) is 0 Å². The zero-order valence-corrected chi connectivity index (χ0v) is 21.4. The van der Waals surface area contributed by atoms with Crippen molar-refractivity contribution in [3.05, 3.63) is 77.5 Å². The van der Waals surface area contributed by atoms with Crippen molar-refractivity contribution in [3.63, 3.8) is 0 Å². The number of carbonyl (C=O) groups excluding carboxylic acids is 1. The van der Waals surface area contributed by atoms with Gasteiger partial charge >= 0.3 is 0 Å². The summed E-state index contributed by atoms with van der Waals surface area (Å²) in [5, 5.41) is 6.67. The van der Waals surface area contributed by atoms with Crippen LogP contribution in [0.4, 0.5) is 17.2 Å². The third kappa shape index (κ3) is 5.00. The Hall–Kier alpha value is -3.64. The summed E-state index contributed by atoms with van der Waals surface area (Å²) in [5.74, 6) is 1.33. The van der Waals surface area contributed by atoms with Crippen molar-refractivity contribution in [2.45, 2.75) is 31.7 Å². The number of pyridine rings is 1. The first kappa shape index (κ1) is 24.1. The van der Waals surface area contributed by atoms with Crippen LogP contribution in [0.3, 0.4) is 0 Å². The average molecular weight is 482 g/mol. The molecule has 0 radical (unpaired) electrons. The van der Waals surface area contributed by atoms with Gasteiger partial charge in [-0.05, 0) is 92.1 Å². The maximum absolute atomic E-state index is 11.9. The second-order valence-electron chi connectivity index (χ2n) is 9.87. The number of carbonyl (C=O) groups is 1. The van der Waals surface area contributed by atoms with E-state index in [2.05, 4.69) is 82.0 Å². The summed E-state index contributed by atoms with van der Waals surface area (Å²) in [6.45, 7) is 5.72. The van der Waals surface area contributed by atoms with E-state index >= 15 is 0 Å². The van der Waals surface area contributed by atoms with Crippen molar-refractivity contribution in [2.75, 3.05) is 43.9 Å². The lowest BCUT2D eigenvalue weighted by molar-refractivity contribution is -0.109. The summed E-state index contributed by atoms with van der Waals surface area (Å²) in [6.07, 6.45) is 7.20. The first-order chi connectivity index (χ1) is 17.6. The van der Waals surface area contributed by atoms with Crippen LogP contribution in [-0.2, 0) is 4.79 Å². The highest BCUT2D eigenvalue weighted by molar-refractivity contribution is 5.80. The highest BCUT2D eigenvalue weighted by Gasteiger charge is 2.23. The highest BCUT2D eigenvalue weighted by Crippen LogP contribution is 2.35. The molecular formula is C30H35N5O. The van der Waals surface area contributed by atoms with Crippen LogP contribution in [0.1, 0.15) is 48.4 Å². The smallest absolute Gasteiger partial charge is 0.146 e. The molecule has 6 heteroatoms. The lowest BCUT2D eigenvalue weighted by Crippen LogP contribution is -2.32. The number of piperidine rings is 1. The molecule has 0 saturated carbocycles. The Morgan fingerprint density at radius 3 is 2.44 bits per heavy atom. The molecule has 2 aromatic carbocycles. The number of likely N-dealkylation sites (tertiary alicyclic amines) is 1. The van der Waals surface area contributed by atoms with Gasteiger partial charge in [0.15, 0.2) is 0 Å². The lowest BCUT2D eigenvalue weighted by Gasteiger charge is -2.31. The molecule has 186 valence electrons. The van der Waals surface area contributed by atoms with Crippen LogP contribution in [0.2, 0.25) is 0 Å². The van der Waals surface area contributed by atoms with Crippen LogP contribution in [0.5, 0.6) is 0 Å². The Bertz CT molecular complexity index is 1230. The standard InChI is InChI=1S/C30H35N5O/c1-4-35-17-14-22(15-18-35)21-5-9-25(10-6-21)32-30-29-24(13-16-31-28(29)20-36)19-27(33-30)23-7-11-26(12-8-23)34(2)3/h5-13,16,19-20,22,28,31H,4,14-15,17-18H2,1-3H3,(H,32,33). The summed E-state index contributed by atoms with van der Waals surface area (Å²) < 4.78 is 0. The van der Waals surface area contributed by atoms with E-state index in [1.165, 1.54) is 31.5 Å². The third-order valence-electron chi connectivity index (χ3n) is 7.44. The molecule has 5 rings (SSSR count). The number of benzene rings is 2. The summed E-state index contributed by atoms with van der Waals surface area (Å²) in [5.41, 5.74) is 7.29. The fourth-order valence-corrected chi connectivity index (χ4v) is 5.20. The summed E-state index contributed by atoms with van der Waals surface area (Å²) in [4.78, 5) is 21.5. The van der Waals surface area contributed by atoms with Crippen LogP contribution in [0, 0.1) is 0 Å². The van der Waals surface area contributed by atoms with Gasteiger partial charge in [-0.25, -0.2) is 4.98 Å². The molecule has 2 N–H and O–H groups in total. The Morgan fingerprint density at radius 1 is 1.08 bits per heavy atom. The summed E-state index contributed by atoms with van der Waals surface area (Å²) >= 11 is 0. The molecule has 0 bridgehead atoms. The maximum Gasteiger partial charge on any atom is 0.146 e. The van der Waals surface area contributed by atoms with Crippen LogP contribution in [-0.4, -0.2) is 49.9 Å². The van der Waals surface area contributed by atoms with Crippen molar-refractivity contribution < 1.29 is 4.79 Å². The van der Waals surface area contributed by atoms with Gasteiger partial charge in [0.1, 0.15) is 18.1 Å². The number of hydrogen-bond acceptors (Lipinski definition) is 6. The molecule has 0 aliphatic carbocycles. The number of aromatic nitrogens is 1. The van der Waals surface area contributed by atoms with Crippen LogP contribution in [0.15, 0.2) is 60.8 Å². The van der Waals surface area contributed by atoms with Crippen molar-refractivity contribution >= 4 is 29.6 Å². The fourth-order valence-electron chi connectivity index (χ4n) is 5.20. The molecule has 0 amide bonds. The molecule has 1 fully saturated rings. The van der Waals surface area contributed by atoms with Crippen molar-refractivity contribution in [1.29, 1.82) is 0 Å². The summed E-state index contributed by atoms with van der Waals surface area (Å²) in [7, 11) is 4.07. The van der Waals surface area contributed by atoms with E-state index in [-0.39, 0.29) is 0 Å². The van der Waals surface area contributed by atoms with E-state index in [0.29, 0.717) is 11.7 Å². The Balaban J connectivity index is 1.44. The Morgan fingerprint density at radius 2 is 1.81 bits per heavy atom. The zero-order valence-electron chi connectivity index (χ0n) is 21.4. The number of hydrogen-bond donors (Lipinski definition) is 2. The Kier molecular flexibility index (Phi) is 7.05. The number of nitrogens with zero attached hydrogens (tertiary/aromatic N) is 3. The fraction of sp³-hybridized carbons (Fsp3) is 0.333. The quantitative estimate of drug-likeness (QED) is 0.430. The third-order valence-corrected chi connectivity index (χ3v) is 7.44. The number of fused-ring (bicyclic) bond motifs is 1. The predicted octanol–water partition coefficient (Wildman–Crippen LogP) is 5.57. The minimum absolute atomic E-state index is 0.437. The molecule has 1 atom stereocenters. The number of rotatable bonds is 7.